The highest BCUT2D eigenvalue weighted by molar-refractivity contribution is 5.64. The lowest BCUT2D eigenvalue weighted by atomic mass is 10.1. The number of hydrogen-bond donors (Lipinski definition) is 0. The zero-order valence-electron chi connectivity index (χ0n) is 12.9. The smallest absolute Gasteiger partial charge is 0.434 e. The van der Waals surface area contributed by atoms with Crippen molar-refractivity contribution in [1.29, 1.82) is 0 Å². The van der Waals surface area contributed by atoms with Crippen molar-refractivity contribution < 1.29 is 14.3 Å². The van der Waals surface area contributed by atoms with E-state index >= 15 is 0 Å². The Balaban J connectivity index is 3.09. The molecule has 6 nitrogen and oxygen atoms in total. The lowest BCUT2D eigenvalue weighted by Gasteiger charge is -2.16. The van der Waals surface area contributed by atoms with Gasteiger partial charge in [0.05, 0.1) is 6.61 Å². The Morgan fingerprint density at radius 3 is 2.50 bits per heavy atom. The SMILES string of the molecule is CCCCc1c(C)nc(N(C)C)nc1OC(=O)OCC. The molecule has 0 aliphatic heterocycles. The molecule has 112 valence electrons. The predicted octanol–water partition coefficient (Wildman–Crippen LogP) is 2.73. The van der Waals surface area contributed by atoms with Gasteiger partial charge in [-0.25, -0.2) is 9.78 Å². The number of hydrogen-bond acceptors (Lipinski definition) is 6. The average Bonchev–Trinajstić information content (AvgIpc) is 2.37. The summed E-state index contributed by atoms with van der Waals surface area (Å²) in [6.45, 7) is 6.01. The molecule has 0 fully saturated rings. The molecule has 1 aromatic rings. The van der Waals surface area contributed by atoms with Crippen molar-refractivity contribution in [2.24, 2.45) is 0 Å². The van der Waals surface area contributed by atoms with Gasteiger partial charge in [-0.05, 0) is 26.7 Å². The molecule has 0 aliphatic carbocycles. The van der Waals surface area contributed by atoms with Gasteiger partial charge in [0, 0.05) is 25.4 Å². The molecule has 1 rings (SSSR count). The highest BCUT2D eigenvalue weighted by Crippen LogP contribution is 2.24. The number of nitrogens with zero attached hydrogens (tertiary/aromatic N) is 3. The van der Waals surface area contributed by atoms with Gasteiger partial charge in [0.25, 0.3) is 0 Å². The molecular weight excluding hydrogens is 258 g/mol. The first-order valence-electron chi connectivity index (χ1n) is 6.89. The van der Waals surface area contributed by atoms with Crippen LogP contribution in [0.25, 0.3) is 0 Å². The molecule has 0 saturated carbocycles. The first-order chi connectivity index (χ1) is 9.49. The second kappa shape index (κ2) is 7.67. The minimum Gasteiger partial charge on any atom is -0.434 e. The van der Waals surface area contributed by atoms with Crippen LogP contribution in [0.3, 0.4) is 0 Å². The second-order valence-corrected chi connectivity index (χ2v) is 4.68. The van der Waals surface area contributed by atoms with Crippen molar-refractivity contribution in [3.63, 3.8) is 0 Å². The summed E-state index contributed by atoms with van der Waals surface area (Å²) in [6, 6.07) is 0. The third-order valence-electron chi connectivity index (χ3n) is 2.79. The summed E-state index contributed by atoms with van der Waals surface area (Å²) < 4.78 is 10.0. The zero-order chi connectivity index (χ0) is 15.1. The molecule has 1 heterocycles. The van der Waals surface area contributed by atoms with Gasteiger partial charge in [0.1, 0.15) is 0 Å². The fourth-order valence-electron chi connectivity index (χ4n) is 1.71. The number of carbonyl (C=O) groups excluding carboxylic acids is 1. The van der Waals surface area contributed by atoms with Crippen LogP contribution in [0.1, 0.15) is 37.9 Å². The standard InChI is InChI=1S/C14H23N3O3/c1-6-8-9-11-10(3)15-13(17(4)5)16-12(11)20-14(18)19-7-2/h6-9H2,1-5H3. The summed E-state index contributed by atoms with van der Waals surface area (Å²) in [6.07, 6.45) is 2.09. The summed E-state index contributed by atoms with van der Waals surface area (Å²) in [5.41, 5.74) is 1.70. The van der Waals surface area contributed by atoms with E-state index in [1.54, 1.807) is 11.8 Å². The first kappa shape index (κ1) is 16.2. The molecule has 0 unspecified atom stereocenters. The Bertz CT molecular complexity index is 461. The van der Waals surface area contributed by atoms with Gasteiger partial charge in [-0.3, -0.25) is 0 Å². The van der Waals surface area contributed by atoms with Crippen molar-refractivity contribution in [3.05, 3.63) is 11.3 Å². The molecule has 0 N–H and O–H groups in total. The molecular formula is C14H23N3O3. The normalized spacial score (nSPS) is 10.2. The average molecular weight is 281 g/mol. The molecule has 0 aromatic carbocycles. The van der Waals surface area contributed by atoms with Crippen LogP contribution >= 0.6 is 0 Å². The van der Waals surface area contributed by atoms with E-state index in [0.29, 0.717) is 11.8 Å². The lowest BCUT2D eigenvalue weighted by molar-refractivity contribution is 0.102. The molecule has 0 spiro atoms. The maximum atomic E-state index is 11.5. The number of anilines is 1. The fraction of sp³-hybridized carbons (Fsp3) is 0.643. The monoisotopic (exact) mass is 281 g/mol. The van der Waals surface area contributed by atoms with E-state index in [4.69, 9.17) is 9.47 Å². The number of aromatic nitrogens is 2. The highest BCUT2D eigenvalue weighted by Gasteiger charge is 2.17. The Morgan fingerprint density at radius 1 is 1.25 bits per heavy atom. The summed E-state index contributed by atoms with van der Waals surface area (Å²) in [4.78, 5) is 22.0. The molecule has 1 aromatic heterocycles. The van der Waals surface area contributed by atoms with Crippen LogP contribution in [-0.2, 0) is 11.2 Å². The number of unbranched alkanes of at least 4 members (excludes halogenated alkanes) is 1. The van der Waals surface area contributed by atoms with Crippen LogP contribution in [-0.4, -0.2) is 36.8 Å². The Morgan fingerprint density at radius 2 is 1.95 bits per heavy atom. The largest absolute Gasteiger partial charge is 0.515 e. The Labute approximate surface area is 120 Å². The summed E-state index contributed by atoms with van der Waals surface area (Å²) >= 11 is 0. The third kappa shape index (κ3) is 4.36. The molecule has 0 atom stereocenters. The van der Waals surface area contributed by atoms with Crippen LogP contribution in [0, 0.1) is 6.92 Å². The molecule has 20 heavy (non-hydrogen) atoms. The third-order valence-corrected chi connectivity index (χ3v) is 2.79. The summed E-state index contributed by atoms with van der Waals surface area (Å²) in [5.74, 6) is 0.815. The van der Waals surface area contributed by atoms with E-state index in [1.807, 2.05) is 21.0 Å². The Hall–Kier alpha value is -1.85. The zero-order valence-corrected chi connectivity index (χ0v) is 12.9. The molecule has 6 heteroatoms. The van der Waals surface area contributed by atoms with Crippen LogP contribution in [0.4, 0.5) is 10.7 Å². The highest BCUT2D eigenvalue weighted by atomic mass is 16.7. The summed E-state index contributed by atoms with van der Waals surface area (Å²) in [7, 11) is 3.68. The quantitative estimate of drug-likeness (QED) is 0.747. The van der Waals surface area contributed by atoms with Crippen molar-refractivity contribution in [2.75, 3.05) is 25.6 Å². The fourth-order valence-corrected chi connectivity index (χ4v) is 1.71. The topological polar surface area (TPSA) is 64.5 Å². The van der Waals surface area contributed by atoms with Gasteiger partial charge in [0.2, 0.25) is 11.8 Å². The molecule has 0 bridgehead atoms. The lowest BCUT2D eigenvalue weighted by Crippen LogP contribution is -2.18. The van der Waals surface area contributed by atoms with Gasteiger partial charge < -0.3 is 14.4 Å². The van der Waals surface area contributed by atoms with E-state index < -0.39 is 6.16 Å². The second-order valence-electron chi connectivity index (χ2n) is 4.68. The van der Waals surface area contributed by atoms with E-state index in [0.717, 1.165) is 30.5 Å². The van der Waals surface area contributed by atoms with Crippen LogP contribution in [0.5, 0.6) is 5.88 Å². The molecule has 0 saturated heterocycles. The van der Waals surface area contributed by atoms with E-state index in [9.17, 15) is 4.79 Å². The maximum Gasteiger partial charge on any atom is 0.515 e. The maximum absolute atomic E-state index is 11.5. The predicted molar refractivity (Wildman–Crippen MR) is 77.4 cm³/mol. The van der Waals surface area contributed by atoms with Crippen LogP contribution in [0.2, 0.25) is 0 Å². The number of ether oxygens (including phenoxy) is 2. The van der Waals surface area contributed by atoms with E-state index in [2.05, 4.69) is 16.9 Å². The van der Waals surface area contributed by atoms with Crippen molar-refractivity contribution in [1.82, 2.24) is 9.97 Å². The van der Waals surface area contributed by atoms with Gasteiger partial charge in [0.15, 0.2) is 0 Å². The molecule has 0 aliphatic rings. The van der Waals surface area contributed by atoms with E-state index in [1.165, 1.54) is 0 Å². The van der Waals surface area contributed by atoms with Gasteiger partial charge in [-0.1, -0.05) is 13.3 Å². The minimum atomic E-state index is -0.729. The van der Waals surface area contributed by atoms with Crippen LogP contribution in [0.15, 0.2) is 0 Å². The van der Waals surface area contributed by atoms with Crippen molar-refractivity contribution >= 4 is 12.1 Å². The van der Waals surface area contributed by atoms with Gasteiger partial charge >= 0.3 is 6.16 Å². The van der Waals surface area contributed by atoms with Gasteiger partial charge in [-0.15, -0.1) is 0 Å². The number of aryl methyl sites for hydroxylation is 1. The van der Waals surface area contributed by atoms with Crippen molar-refractivity contribution in [2.45, 2.75) is 40.0 Å². The Kier molecular flexibility index (Phi) is 6.21. The molecule has 0 radical (unpaired) electrons. The molecule has 0 amide bonds. The van der Waals surface area contributed by atoms with Crippen molar-refractivity contribution in [3.8, 4) is 5.88 Å². The van der Waals surface area contributed by atoms with Crippen LogP contribution < -0.4 is 9.64 Å². The summed E-state index contributed by atoms with van der Waals surface area (Å²) in [5, 5.41) is 0. The van der Waals surface area contributed by atoms with E-state index in [-0.39, 0.29) is 6.61 Å². The minimum absolute atomic E-state index is 0.272. The first-order valence-corrected chi connectivity index (χ1v) is 6.89. The number of carbonyl (C=O) groups is 1. The van der Waals surface area contributed by atoms with Gasteiger partial charge in [-0.2, -0.15) is 4.98 Å². The number of rotatable bonds is 6.